The fourth-order valence-corrected chi connectivity index (χ4v) is 8.86. The van der Waals surface area contributed by atoms with E-state index in [9.17, 15) is 0 Å². The molecule has 2 heterocycles. The molecule has 11 aromatic rings. The van der Waals surface area contributed by atoms with Crippen molar-refractivity contribution < 1.29 is 0 Å². The van der Waals surface area contributed by atoms with E-state index >= 15 is 0 Å². The Morgan fingerprint density at radius 3 is 1.39 bits per heavy atom. The first-order chi connectivity index (χ1) is 27.8. The minimum Gasteiger partial charge on any atom is -0.309 e. The van der Waals surface area contributed by atoms with Crippen molar-refractivity contribution in [2.75, 3.05) is 0 Å². The molecule has 0 aliphatic rings. The first kappa shape index (κ1) is 32.0. The van der Waals surface area contributed by atoms with Crippen LogP contribution in [0, 0.1) is 0 Å². The van der Waals surface area contributed by atoms with Crippen molar-refractivity contribution in [3.63, 3.8) is 0 Å². The van der Waals surface area contributed by atoms with Crippen LogP contribution in [0.2, 0.25) is 0 Å². The number of para-hydroxylation sites is 3. The number of fused-ring (bicyclic) bond motifs is 6. The summed E-state index contributed by atoms with van der Waals surface area (Å²) in [6, 6.07) is 79.5. The van der Waals surface area contributed by atoms with E-state index in [0.29, 0.717) is 0 Å². The highest BCUT2D eigenvalue weighted by atomic mass is 15.0. The Bertz CT molecular complexity index is 3170. The van der Waals surface area contributed by atoms with Crippen molar-refractivity contribution in [2.45, 2.75) is 0 Å². The lowest BCUT2D eigenvalue weighted by Crippen LogP contribution is -2.01. The molecule has 0 radical (unpaired) electrons. The van der Waals surface area contributed by atoms with Crippen LogP contribution >= 0.6 is 0 Å². The maximum Gasteiger partial charge on any atom is 0.0618 e. The molecule has 0 atom stereocenters. The van der Waals surface area contributed by atoms with Gasteiger partial charge in [0, 0.05) is 38.4 Å². The van der Waals surface area contributed by atoms with Gasteiger partial charge in [0.2, 0.25) is 0 Å². The highest BCUT2D eigenvalue weighted by Crippen LogP contribution is 2.45. The molecule has 0 unspecified atom stereocenters. The van der Waals surface area contributed by atoms with Crippen LogP contribution in [0.1, 0.15) is 0 Å². The summed E-state index contributed by atoms with van der Waals surface area (Å²) < 4.78 is 4.95. The van der Waals surface area contributed by atoms with Gasteiger partial charge in [-0.2, -0.15) is 0 Å². The quantitative estimate of drug-likeness (QED) is 0.162. The van der Waals surface area contributed by atoms with Crippen LogP contribution in [0.15, 0.2) is 218 Å². The minimum atomic E-state index is 1.14. The zero-order valence-electron chi connectivity index (χ0n) is 30.7. The fraction of sp³-hybridized carbons (Fsp3) is 0. The third-order valence-electron chi connectivity index (χ3n) is 11.3. The molecule has 262 valence electrons. The molecule has 2 aromatic heterocycles. The molecule has 56 heavy (non-hydrogen) atoms. The minimum absolute atomic E-state index is 1.14. The van der Waals surface area contributed by atoms with Crippen molar-refractivity contribution in [1.29, 1.82) is 0 Å². The van der Waals surface area contributed by atoms with Crippen LogP contribution in [0.5, 0.6) is 0 Å². The van der Waals surface area contributed by atoms with E-state index in [1.54, 1.807) is 0 Å². The first-order valence-electron chi connectivity index (χ1n) is 19.3. The topological polar surface area (TPSA) is 9.86 Å². The van der Waals surface area contributed by atoms with Crippen LogP contribution in [-0.4, -0.2) is 9.13 Å². The fourth-order valence-electron chi connectivity index (χ4n) is 8.86. The van der Waals surface area contributed by atoms with Crippen LogP contribution < -0.4 is 0 Å². The molecular weight excluding hydrogens is 677 g/mol. The number of benzene rings is 9. The van der Waals surface area contributed by atoms with Gasteiger partial charge in [0.1, 0.15) is 0 Å². The third-order valence-corrected chi connectivity index (χ3v) is 11.3. The van der Waals surface area contributed by atoms with Crippen molar-refractivity contribution >= 4 is 43.6 Å². The van der Waals surface area contributed by atoms with Gasteiger partial charge in [-0.3, -0.25) is 0 Å². The second-order valence-corrected chi connectivity index (χ2v) is 14.5. The van der Waals surface area contributed by atoms with Crippen molar-refractivity contribution in [2.24, 2.45) is 0 Å². The molecule has 0 saturated carbocycles. The Morgan fingerprint density at radius 1 is 0.250 bits per heavy atom. The Hall–Kier alpha value is -7.42. The monoisotopic (exact) mass is 712 g/mol. The molecule has 0 saturated heterocycles. The van der Waals surface area contributed by atoms with E-state index in [4.69, 9.17) is 0 Å². The van der Waals surface area contributed by atoms with Crippen molar-refractivity contribution in [3.05, 3.63) is 218 Å². The Morgan fingerprint density at radius 2 is 0.714 bits per heavy atom. The van der Waals surface area contributed by atoms with E-state index in [2.05, 4.69) is 228 Å². The summed E-state index contributed by atoms with van der Waals surface area (Å²) in [4.78, 5) is 0. The molecule has 11 rings (SSSR count). The van der Waals surface area contributed by atoms with E-state index in [1.807, 2.05) is 0 Å². The predicted molar refractivity (Wildman–Crippen MR) is 237 cm³/mol. The normalized spacial score (nSPS) is 11.6. The molecule has 0 bridgehead atoms. The second-order valence-electron chi connectivity index (χ2n) is 14.5. The van der Waals surface area contributed by atoms with Crippen LogP contribution in [0.25, 0.3) is 99.5 Å². The Kier molecular flexibility index (Phi) is 7.53. The molecule has 0 N–H and O–H groups in total. The smallest absolute Gasteiger partial charge is 0.0618 e. The molecule has 0 fully saturated rings. The highest BCUT2D eigenvalue weighted by Gasteiger charge is 2.23. The number of hydrogen-bond acceptors (Lipinski definition) is 0. The zero-order chi connectivity index (χ0) is 37.0. The maximum atomic E-state index is 2.53. The first-order valence-corrected chi connectivity index (χ1v) is 19.3. The SMILES string of the molecule is c1ccc(-c2cccc(-c3cccc(-c4ccccc4)c3-n3c4ccc(-n5c6ccccc6c6ccccc65)cc4c4c(-c5ccccc5)cccc43)c2)cc1. The third kappa shape index (κ3) is 5.11. The van der Waals surface area contributed by atoms with Gasteiger partial charge < -0.3 is 9.13 Å². The summed E-state index contributed by atoms with van der Waals surface area (Å²) in [6.45, 7) is 0. The molecule has 0 aliphatic heterocycles. The summed E-state index contributed by atoms with van der Waals surface area (Å²) >= 11 is 0. The molecule has 2 nitrogen and oxygen atoms in total. The van der Waals surface area contributed by atoms with E-state index in [0.717, 1.165) is 11.2 Å². The van der Waals surface area contributed by atoms with Gasteiger partial charge in [0.25, 0.3) is 0 Å². The van der Waals surface area contributed by atoms with Gasteiger partial charge in [0.05, 0.1) is 27.8 Å². The van der Waals surface area contributed by atoms with E-state index in [-0.39, 0.29) is 0 Å². The highest BCUT2D eigenvalue weighted by molar-refractivity contribution is 6.17. The number of nitrogens with zero attached hydrogens (tertiary/aromatic N) is 2. The van der Waals surface area contributed by atoms with Gasteiger partial charge >= 0.3 is 0 Å². The van der Waals surface area contributed by atoms with Crippen molar-refractivity contribution in [3.8, 4) is 55.9 Å². The lowest BCUT2D eigenvalue weighted by molar-refractivity contribution is 1.17. The molecule has 0 amide bonds. The van der Waals surface area contributed by atoms with Crippen molar-refractivity contribution in [1.82, 2.24) is 9.13 Å². The van der Waals surface area contributed by atoms with Gasteiger partial charge in [0.15, 0.2) is 0 Å². The average molecular weight is 713 g/mol. The lowest BCUT2D eigenvalue weighted by atomic mass is 9.93. The summed E-state index contributed by atoms with van der Waals surface area (Å²) in [6.07, 6.45) is 0. The van der Waals surface area contributed by atoms with Gasteiger partial charge in [-0.05, 0) is 75.8 Å². The van der Waals surface area contributed by atoms with Gasteiger partial charge in [-0.15, -0.1) is 0 Å². The maximum absolute atomic E-state index is 2.53. The Labute approximate surface area is 325 Å². The molecule has 0 aliphatic carbocycles. The standard InChI is InChI=1S/C54H36N2/c1-4-17-37(18-5-1)40-23-14-24-41(35-40)45-29-15-28-44(39-21-8-3-9-22-39)54(45)56-51-34-33-42(55-49-30-12-10-25-46(49)47-26-11-13-31-50(47)55)36-48(51)53-43(27-16-32-52(53)56)38-19-6-2-7-20-38/h1-36H. The second kappa shape index (κ2) is 13.2. The predicted octanol–water partition coefficient (Wildman–Crippen LogP) is 14.5. The molecular formula is C54H36N2. The molecule has 9 aromatic carbocycles. The summed E-state index contributed by atoms with van der Waals surface area (Å²) in [7, 11) is 0. The number of rotatable bonds is 6. The largest absolute Gasteiger partial charge is 0.309 e. The Balaban J connectivity index is 1.26. The number of aromatic nitrogens is 2. The summed E-state index contributed by atoms with van der Waals surface area (Å²) in [5.74, 6) is 0. The van der Waals surface area contributed by atoms with E-state index in [1.165, 1.54) is 88.3 Å². The molecule has 2 heteroatoms. The zero-order valence-corrected chi connectivity index (χ0v) is 30.7. The van der Waals surface area contributed by atoms with Crippen LogP contribution in [0.3, 0.4) is 0 Å². The van der Waals surface area contributed by atoms with E-state index < -0.39 is 0 Å². The van der Waals surface area contributed by atoms with Gasteiger partial charge in [-0.1, -0.05) is 176 Å². The number of hydrogen-bond donors (Lipinski definition) is 0. The van der Waals surface area contributed by atoms with Crippen LogP contribution in [-0.2, 0) is 0 Å². The summed E-state index contributed by atoms with van der Waals surface area (Å²) in [5, 5.41) is 4.97. The lowest BCUT2D eigenvalue weighted by Gasteiger charge is -2.20. The average Bonchev–Trinajstić information content (AvgIpc) is 3.79. The molecule has 0 spiro atoms. The van der Waals surface area contributed by atoms with Gasteiger partial charge in [-0.25, -0.2) is 0 Å². The summed E-state index contributed by atoms with van der Waals surface area (Å²) in [5.41, 5.74) is 16.6. The van der Waals surface area contributed by atoms with Crippen LogP contribution in [0.4, 0.5) is 0 Å².